The molecule has 0 unspecified atom stereocenters. The van der Waals surface area contributed by atoms with Gasteiger partial charge in [0.25, 0.3) is 0 Å². The SMILES string of the molecule is COc1cc(C)c(S(=O)(=O)CNCCc2nc3ccc(C(=O)O)cc3[nH]2)c(C)c1. The molecule has 3 rings (SSSR count). The number of sulfone groups is 1. The van der Waals surface area contributed by atoms with Gasteiger partial charge in [0.15, 0.2) is 9.84 Å². The minimum absolute atomic E-state index is 0.183. The van der Waals surface area contributed by atoms with E-state index in [1.54, 1.807) is 39.2 Å². The smallest absolute Gasteiger partial charge is 0.335 e. The van der Waals surface area contributed by atoms with Crippen molar-refractivity contribution in [2.24, 2.45) is 0 Å². The number of carboxylic acids is 1. The molecule has 0 amide bonds. The number of hydrogen-bond acceptors (Lipinski definition) is 6. The molecule has 0 bridgehead atoms. The zero-order valence-electron chi connectivity index (χ0n) is 16.4. The number of carboxylic acid groups (broad SMARTS) is 1. The summed E-state index contributed by atoms with van der Waals surface area (Å²) in [7, 11) is -1.96. The first-order valence-corrected chi connectivity index (χ1v) is 10.7. The molecule has 0 atom stereocenters. The van der Waals surface area contributed by atoms with Crippen LogP contribution in [-0.2, 0) is 16.3 Å². The van der Waals surface area contributed by atoms with Crippen molar-refractivity contribution >= 4 is 26.8 Å². The Balaban J connectivity index is 1.64. The minimum Gasteiger partial charge on any atom is -0.497 e. The number of imidazole rings is 1. The standard InChI is InChI=1S/C20H23N3O5S/c1-12-8-15(28-3)9-13(2)19(12)29(26,27)11-21-7-6-18-22-16-5-4-14(20(24)25)10-17(16)23-18/h4-5,8-10,21H,6-7,11H2,1-3H3,(H,22,23)(H,24,25). The van der Waals surface area contributed by atoms with Gasteiger partial charge in [0.1, 0.15) is 17.5 Å². The molecule has 3 aromatic rings. The number of methoxy groups -OCH3 is 1. The topological polar surface area (TPSA) is 121 Å². The summed E-state index contributed by atoms with van der Waals surface area (Å²) in [5.41, 5.74) is 2.78. The summed E-state index contributed by atoms with van der Waals surface area (Å²) < 4.78 is 30.7. The number of hydrogen-bond donors (Lipinski definition) is 3. The second kappa shape index (κ2) is 8.22. The summed E-state index contributed by atoms with van der Waals surface area (Å²) in [4.78, 5) is 18.8. The van der Waals surface area contributed by atoms with E-state index in [1.807, 2.05) is 0 Å². The number of rotatable bonds is 8. The Labute approximate surface area is 168 Å². The van der Waals surface area contributed by atoms with Crippen molar-refractivity contribution in [2.75, 3.05) is 19.5 Å². The van der Waals surface area contributed by atoms with E-state index < -0.39 is 15.8 Å². The molecule has 0 aliphatic heterocycles. The van der Waals surface area contributed by atoms with Gasteiger partial charge in [0.05, 0.1) is 28.6 Å². The lowest BCUT2D eigenvalue weighted by Gasteiger charge is -2.13. The van der Waals surface area contributed by atoms with Crippen LogP contribution in [0.2, 0.25) is 0 Å². The Hall–Kier alpha value is -2.91. The molecule has 0 spiro atoms. The van der Waals surface area contributed by atoms with Crippen molar-refractivity contribution in [1.29, 1.82) is 0 Å². The van der Waals surface area contributed by atoms with E-state index in [0.717, 1.165) is 0 Å². The molecular formula is C20H23N3O5S. The molecule has 0 aliphatic rings. The average molecular weight is 417 g/mol. The van der Waals surface area contributed by atoms with Crippen molar-refractivity contribution in [3.63, 3.8) is 0 Å². The monoisotopic (exact) mass is 417 g/mol. The minimum atomic E-state index is -3.50. The zero-order valence-corrected chi connectivity index (χ0v) is 17.3. The van der Waals surface area contributed by atoms with E-state index in [4.69, 9.17) is 9.84 Å². The second-order valence-electron chi connectivity index (χ2n) is 6.82. The third-order valence-electron chi connectivity index (χ3n) is 4.59. The number of nitrogens with one attached hydrogen (secondary N) is 2. The highest BCUT2D eigenvalue weighted by molar-refractivity contribution is 7.91. The number of fused-ring (bicyclic) bond motifs is 1. The number of aromatic carboxylic acids is 1. The summed E-state index contributed by atoms with van der Waals surface area (Å²) in [5, 5.41) is 12.0. The molecule has 2 aromatic carbocycles. The fourth-order valence-corrected chi connectivity index (χ4v) is 4.97. The van der Waals surface area contributed by atoms with Crippen LogP contribution in [-0.4, -0.2) is 49.0 Å². The van der Waals surface area contributed by atoms with Crippen molar-refractivity contribution in [3.8, 4) is 5.75 Å². The van der Waals surface area contributed by atoms with Gasteiger partial charge in [-0.3, -0.25) is 0 Å². The van der Waals surface area contributed by atoms with Crippen LogP contribution in [0.25, 0.3) is 11.0 Å². The van der Waals surface area contributed by atoms with Crippen molar-refractivity contribution < 1.29 is 23.1 Å². The van der Waals surface area contributed by atoms with Gasteiger partial charge in [0.2, 0.25) is 0 Å². The van der Waals surface area contributed by atoms with E-state index in [0.29, 0.717) is 51.6 Å². The molecule has 29 heavy (non-hydrogen) atoms. The van der Waals surface area contributed by atoms with Crippen molar-refractivity contribution in [1.82, 2.24) is 15.3 Å². The van der Waals surface area contributed by atoms with Gasteiger partial charge in [-0.05, 0) is 55.3 Å². The highest BCUT2D eigenvalue weighted by Crippen LogP contribution is 2.26. The molecule has 0 radical (unpaired) electrons. The summed E-state index contributed by atoms with van der Waals surface area (Å²) in [6.07, 6.45) is 0.479. The lowest BCUT2D eigenvalue weighted by molar-refractivity contribution is 0.0697. The first-order chi connectivity index (χ1) is 13.7. The van der Waals surface area contributed by atoms with Gasteiger partial charge in [-0.1, -0.05) is 0 Å². The van der Waals surface area contributed by atoms with Crippen LogP contribution in [0.4, 0.5) is 0 Å². The van der Waals surface area contributed by atoms with Crippen LogP contribution < -0.4 is 10.1 Å². The van der Waals surface area contributed by atoms with Crippen LogP contribution in [0.1, 0.15) is 27.3 Å². The molecule has 0 saturated heterocycles. The summed E-state index contributed by atoms with van der Waals surface area (Å²) >= 11 is 0. The number of H-pyrrole nitrogens is 1. The lowest BCUT2D eigenvalue weighted by Crippen LogP contribution is -2.26. The normalized spacial score (nSPS) is 11.7. The molecule has 1 aromatic heterocycles. The molecule has 1 heterocycles. The zero-order chi connectivity index (χ0) is 21.2. The van der Waals surface area contributed by atoms with Crippen LogP contribution in [0.15, 0.2) is 35.2 Å². The van der Waals surface area contributed by atoms with E-state index >= 15 is 0 Å². The van der Waals surface area contributed by atoms with Gasteiger partial charge in [-0.25, -0.2) is 18.2 Å². The maximum atomic E-state index is 12.7. The molecule has 9 heteroatoms. The first kappa shape index (κ1) is 20.8. The van der Waals surface area contributed by atoms with Gasteiger partial charge in [-0.15, -0.1) is 0 Å². The summed E-state index contributed by atoms with van der Waals surface area (Å²) in [6.45, 7) is 3.91. The number of aryl methyl sites for hydroxylation is 2. The molecule has 0 saturated carbocycles. The number of carbonyl (C=O) groups is 1. The van der Waals surface area contributed by atoms with E-state index in [9.17, 15) is 13.2 Å². The van der Waals surface area contributed by atoms with E-state index in [1.165, 1.54) is 12.1 Å². The van der Waals surface area contributed by atoms with Crippen LogP contribution in [0, 0.1) is 13.8 Å². The van der Waals surface area contributed by atoms with E-state index in [2.05, 4.69) is 15.3 Å². The Morgan fingerprint density at radius 3 is 2.52 bits per heavy atom. The summed E-state index contributed by atoms with van der Waals surface area (Å²) in [5.74, 6) is 0.0934. The van der Waals surface area contributed by atoms with Gasteiger partial charge in [0, 0.05) is 13.0 Å². The fourth-order valence-electron chi connectivity index (χ4n) is 3.32. The maximum absolute atomic E-state index is 12.7. The third kappa shape index (κ3) is 4.57. The Bertz CT molecular complexity index is 1150. The molecule has 0 fully saturated rings. The lowest BCUT2D eigenvalue weighted by atomic mass is 10.1. The Morgan fingerprint density at radius 1 is 1.21 bits per heavy atom. The number of ether oxygens (including phenoxy) is 1. The second-order valence-corrected chi connectivity index (χ2v) is 8.75. The predicted octanol–water partition coefficient (Wildman–Crippen LogP) is 2.45. The Morgan fingerprint density at radius 2 is 1.90 bits per heavy atom. The first-order valence-electron chi connectivity index (χ1n) is 9.02. The largest absolute Gasteiger partial charge is 0.497 e. The maximum Gasteiger partial charge on any atom is 0.335 e. The Kier molecular flexibility index (Phi) is 5.90. The molecular weight excluding hydrogens is 394 g/mol. The van der Waals surface area contributed by atoms with Crippen LogP contribution >= 0.6 is 0 Å². The average Bonchev–Trinajstić information content (AvgIpc) is 3.06. The molecule has 8 nitrogen and oxygen atoms in total. The molecule has 154 valence electrons. The van der Waals surface area contributed by atoms with Crippen molar-refractivity contribution in [3.05, 3.63) is 52.8 Å². The van der Waals surface area contributed by atoms with Crippen LogP contribution in [0.3, 0.4) is 0 Å². The number of aromatic nitrogens is 2. The highest BCUT2D eigenvalue weighted by Gasteiger charge is 2.20. The molecule has 0 aliphatic carbocycles. The number of nitrogens with zero attached hydrogens (tertiary/aromatic N) is 1. The number of benzene rings is 2. The molecule has 3 N–H and O–H groups in total. The fraction of sp³-hybridized carbons (Fsp3) is 0.300. The summed E-state index contributed by atoms with van der Waals surface area (Å²) in [6, 6.07) is 8.09. The predicted molar refractivity (Wildman–Crippen MR) is 109 cm³/mol. The van der Waals surface area contributed by atoms with Crippen molar-refractivity contribution in [2.45, 2.75) is 25.2 Å². The quantitative estimate of drug-likeness (QED) is 0.481. The third-order valence-corrected chi connectivity index (χ3v) is 6.44. The van der Waals surface area contributed by atoms with Gasteiger partial charge >= 0.3 is 5.97 Å². The van der Waals surface area contributed by atoms with Gasteiger partial charge in [-0.2, -0.15) is 0 Å². The van der Waals surface area contributed by atoms with Gasteiger partial charge < -0.3 is 20.1 Å². The number of aromatic amines is 1. The van der Waals surface area contributed by atoms with Crippen LogP contribution in [0.5, 0.6) is 5.75 Å². The van der Waals surface area contributed by atoms with E-state index in [-0.39, 0.29) is 11.4 Å². The highest BCUT2D eigenvalue weighted by atomic mass is 32.2.